The zero-order chi connectivity index (χ0) is 8.43. The highest BCUT2D eigenvalue weighted by Crippen LogP contribution is 2.25. The van der Waals surface area contributed by atoms with Crippen molar-refractivity contribution in [3.8, 4) is 5.75 Å². The summed E-state index contributed by atoms with van der Waals surface area (Å²) in [5, 5.41) is 9.51. The Hall–Kier alpha value is -0.250. The Morgan fingerprint density at radius 3 is 2.64 bits per heavy atom. The van der Waals surface area contributed by atoms with Crippen LogP contribution in [0.5, 0.6) is 5.75 Å². The summed E-state index contributed by atoms with van der Waals surface area (Å²) in [4.78, 5) is 0. The molecule has 0 aliphatic rings. The molecule has 0 bridgehead atoms. The largest absolute Gasteiger partial charge is 0.507 e. The highest BCUT2D eigenvalue weighted by molar-refractivity contribution is 14.1. The number of aromatic hydroxyl groups is 1. The molecule has 0 aliphatic carbocycles. The van der Waals surface area contributed by atoms with Crippen LogP contribution in [0.2, 0.25) is 0 Å². The normalized spacial score (nSPS) is 10.1. The van der Waals surface area contributed by atoms with E-state index in [1.54, 1.807) is 0 Å². The van der Waals surface area contributed by atoms with Gasteiger partial charge in [-0.25, -0.2) is 0 Å². The number of hydrogen-bond donors (Lipinski definition) is 1. The molecule has 0 heterocycles. The van der Waals surface area contributed by atoms with Gasteiger partial charge in [-0.05, 0) is 53.1 Å². The van der Waals surface area contributed by atoms with Gasteiger partial charge in [-0.1, -0.05) is 13.0 Å². The predicted octanol–water partition coefficient (Wildman–Crippen LogP) is 2.87. The Labute approximate surface area is 80.6 Å². The van der Waals surface area contributed by atoms with Gasteiger partial charge in [0.15, 0.2) is 0 Å². The van der Waals surface area contributed by atoms with E-state index >= 15 is 0 Å². The molecular weight excluding hydrogens is 251 g/mol. The summed E-state index contributed by atoms with van der Waals surface area (Å²) in [6.45, 7) is 4.09. The summed E-state index contributed by atoms with van der Waals surface area (Å²) in [7, 11) is 0. The summed E-state index contributed by atoms with van der Waals surface area (Å²) >= 11 is 2.15. The summed E-state index contributed by atoms with van der Waals surface area (Å²) < 4.78 is 0.944. The molecule has 1 rings (SSSR count). The Bertz CT molecular complexity index is 269. The fourth-order valence-electron chi connectivity index (χ4n) is 1.08. The van der Waals surface area contributed by atoms with Crippen LogP contribution in [0.4, 0.5) is 0 Å². The number of aryl methyl sites for hydroxylation is 2. The van der Waals surface area contributed by atoms with Gasteiger partial charge < -0.3 is 5.11 Å². The van der Waals surface area contributed by atoms with E-state index in [9.17, 15) is 5.11 Å². The molecule has 0 aromatic heterocycles. The molecule has 0 radical (unpaired) electrons. The maximum atomic E-state index is 9.51. The molecule has 0 saturated heterocycles. The molecule has 0 spiro atoms. The van der Waals surface area contributed by atoms with Gasteiger partial charge in [-0.15, -0.1) is 0 Å². The first-order valence-electron chi connectivity index (χ1n) is 3.63. The van der Waals surface area contributed by atoms with E-state index in [0.717, 1.165) is 15.6 Å². The molecule has 1 nitrogen and oxygen atoms in total. The second kappa shape index (κ2) is 3.43. The minimum absolute atomic E-state index is 0.443. The summed E-state index contributed by atoms with van der Waals surface area (Å²) in [6.07, 6.45) is 0.892. The lowest BCUT2D eigenvalue weighted by molar-refractivity contribution is 0.465. The molecule has 0 atom stereocenters. The average molecular weight is 262 g/mol. The molecule has 1 aromatic carbocycles. The van der Waals surface area contributed by atoms with Gasteiger partial charge in [-0.2, -0.15) is 0 Å². The zero-order valence-corrected chi connectivity index (χ0v) is 8.84. The molecule has 0 amide bonds. The van der Waals surface area contributed by atoms with E-state index in [1.165, 1.54) is 5.56 Å². The second-order valence-electron chi connectivity index (χ2n) is 2.61. The molecule has 0 unspecified atom stereocenters. The van der Waals surface area contributed by atoms with E-state index in [-0.39, 0.29) is 0 Å². The Kier molecular flexibility index (Phi) is 2.76. The van der Waals surface area contributed by atoms with E-state index < -0.39 is 0 Å². The Balaban J connectivity index is 3.24. The number of phenols is 1. The zero-order valence-electron chi connectivity index (χ0n) is 6.69. The van der Waals surface area contributed by atoms with Gasteiger partial charge in [0.2, 0.25) is 0 Å². The van der Waals surface area contributed by atoms with Crippen molar-refractivity contribution in [3.05, 3.63) is 26.8 Å². The van der Waals surface area contributed by atoms with Crippen LogP contribution in [0.3, 0.4) is 0 Å². The third-order valence-electron chi connectivity index (χ3n) is 1.67. The number of benzene rings is 1. The molecule has 60 valence electrons. The molecule has 0 fully saturated rings. The van der Waals surface area contributed by atoms with Gasteiger partial charge in [0.25, 0.3) is 0 Å². The van der Waals surface area contributed by atoms with Crippen LogP contribution >= 0.6 is 22.6 Å². The number of hydrogen-bond acceptors (Lipinski definition) is 1. The average Bonchev–Trinajstić information content (AvgIpc) is 1.96. The number of rotatable bonds is 1. The van der Waals surface area contributed by atoms with Gasteiger partial charge in [0.05, 0.1) is 3.57 Å². The fraction of sp³-hybridized carbons (Fsp3) is 0.333. The maximum Gasteiger partial charge on any atom is 0.132 e. The van der Waals surface area contributed by atoms with E-state index in [1.807, 2.05) is 26.0 Å². The topological polar surface area (TPSA) is 20.2 Å². The van der Waals surface area contributed by atoms with Crippen molar-refractivity contribution < 1.29 is 5.11 Å². The van der Waals surface area contributed by atoms with Crippen LogP contribution < -0.4 is 0 Å². The van der Waals surface area contributed by atoms with Crippen LogP contribution in [-0.4, -0.2) is 5.11 Å². The molecular formula is C9H11IO. The summed E-state index contributed by atoms with van der Waals surface area (Å²) in [6, 6.07) is 4.01. The molecule has 1 aromatic rings. The van der Waals surface area contributed by atoms with Gasteiger partial charge in [-0.3, -0.25) is 0 Å². The van der Waals surface area contributed by atoms with Crippen molar-refractivity contribution >= 4 is 22.6 Å². The van der Waals surface area contributed by atoms with Crippen LogP contribution in [0.15, 0.2) is 12.1 Å². The van der Waals surface area contributed by atoms with E-state index in [2.05, 4.69) is 22.6 Å². The van der Waals surface area contributed by atoms with Crippen molar-refractivity contribution in [1.82, 2.24) is 0 Å². The quantitative estimate of drug-likeness (QED) is 0.771. The molecule has 11 heavy (non-hydrogen) atoms. The monoisotopic (exact) mass is 262 g/mol. The number of halogens is 1. The maximum absolute atomic E-state index is 9.51. The van der Waals surface area contributed by atoms with Crippen molar-refractivity contribution in [2.24, 2.45) is 0 Å². The molecule has 0 saturated carbocycles. The molecule has 1 N–H and O–H groups in total. The SMILES string of the molecule is CCc1cc(C)cc(I)c1O. The van der Waals surface area contributed by atoms with Crippen molar-refractivity contribution in [3.63, 3.8) is 0 Å². The van der Waals surface area contributed by atoms with Gasteiger partial charge in [0.1, 0.15) is 5.75 Å². The highest BCUT2D eigenvalue weighted by atomic mass is 127. The number of phenolic OH excluding ortho intramolecular Hbond substituents is 1. The predicted molar refractivity (Wildman–Crippen MR) is 54.9 cm³/mol. The van der Waals surface area contributed by atoms with E-state index in [0.29, 0.717) is 5.75 Å². The first-order chi connectivity index (χ1) is 5.15. The van der Waals surface area contributed by atoms with Crippen molar-refractivity contribution in [2.75, 3.05) is 0 Å². The smallest absolute Gasteiger partial charge is 0.132 e. The van der Waals surface area contributed by atoms with Crippen LogP contribution in [-0.2, 0) is 6.42 Å². The summed E-state index contributed by atoms with van der Waals surface area (Å²) in [5.74, 6) is 0.443. The Morgan fingerprint density at radius 1 is 1.45 bits per heavy atom. The van der Waals surface area contributed by atoms with Crippen LogP contribution in [0.25, 0.3) is 0 Å². The lowest BCUT2D eigenvalue weighted by Gasteiger charge is -2.04. The van der Waals surface area contributed by atoms with Crippen molar-refractivity contribution in [2.45, 2.75) is 20.3 Å². The van der Waals surface area contributed by atoms with E-state index in [4.69, 9.17) is 0 Å². The van der Waals surface area contributed by atoms with Crippen LogP contribution in [0.1, 0.15) is 18.1 Å². The van der Waals surface area contributed by atoms with Gasteiger partial charge in [0, 0.05) is 0 Å². The Morgan fingerprint density at radius 2 is 2.09 bits per heavy atom. The van der Waals surface area contributed by atoms with Crippen molar-refractivity contribution in [1.29, 1.82) is 0 Å². The standard InChI is InChI=1S/C9H11IO/c1-3-7-4-6(2)5-8(10)9(7)11/h4-5,11H,3H2,1-2H3. The third kappa shape index (κ3) is 1.86. The first kappa shape index (κ1) is 8.84. The minimum Gasteiger partial charge on any atom is -0.507 e. The molecule has 2 heteroatoms. The van der Waals surface area contributed by atoms with Crippen LogP contribution in [0, 0.1) is 10.5 Å². The van der Waals surface area contributed by atoms with Gasteiger partial charge >= 0.3 is 0 Å². The first-order valence-corrected chi connectivity index (χ1v) is 4.71. The highest BCUT2D eigenvalue weighted by Gasteiger charge is 2.03. The summed E-state index contributed by atoms with van der Waals surface area (Å²) in [5.41, 5.74) is 2.25. The lowest BCUT2D eigenvalue weighted by atomic mass is 10.1. The minimum atomic E-state index is 0.443. The lowest BCUT2D eigenvalue weighted by Crippen LogP contribution is -1.86. The third-order valence-corrected chi connectivity index (χ3v) is 2.49. The fourth-order valence-corrected chi connectivity index (χ4v) is 1.91. The molecule has 0 aliphatic heterocycles. The second-order valence-corrected chi connectivity index (χ2v) is 3.77.